The van der Waals surface area contributed by atoms with Crippen LogP contribution in [-0.2, 0) is 39.0 Å². The third kappa shape index (κ3) is 8.89. The van der Waals surface area contributed by atoms with Crippen LogP contribution < -0.4 is 0 Å². The van der Waals surface area contributed by atoms with Crippen LogP contribution in [0.4, 0.5) is 0 Å². The van der Waals surface area contributed by atoms with Gasteiger partial charge < -0.3 is 0 Å². The minimum Gasteiger partial charge on any atom is -0.164 e. The SMILES string of the molecule is CCc1cc2c(-c3ccccc3)cccc2[cH-]1.CCc1cc2c(-c3ccccc3)cccc2[cH-]1.C[Si](C)(Cl)Cl.[Zr+2]. The average molecular weight is 659 g/mol. The van der Waals surface area contributed by atoms with Gasteiger partial charge in [-0.3, -0.25) is 0 Å². The van der Waals surface area contributed by atoms with Crippen LogP contribution in [0.2, 0.25) is 13.1 Å². The average Bonchev–Trinajstić information content (AvgIpc) is 3.57. The second-order valence-corrected chi connectivity index (χ2v) is 19.0. The Hall–Kier alpha value is -2.22. The number of hydrogen-bond donors (Lipinski definition) is 0. The van der Waals surface area contributed by atoms with Gasteiger partial charge in [-0.15, -0.1) is 91.2 Å². The smallest absolute Gasteiger partial charge is 0.164 e. The molecule has 0 amide bonds. The fourth-order valence-electron chi connectivity index (χ4n) is 4.74. The number of aryl methyl sites for hydroxylation is 2. The van der Waals surface area contributed by atoms with Gasteiger partial charge in [0.1, 0.15) is 0 Å². The van der Waals surface area contributed by atoms with Crippen molar-refractivity contribution in [2.45, 2.75) is 39.8 Å². The van der Waals surface area contributed by atoms with Gasteiger partial charge >= 0.3 is 26.2 Å². The molecule has 0 atom stereocenters. The van der Waals surface area contributed by atoms with Gasteiger partial charge in [-0.25, -0.2) is 0 Å². The van der Waals surface area contributed by atoms with Crippen molar-refractivity contribution >= 4 is 50.4 Å². The van der Waals surface area contributed by atoms with E-state index >= 15 is 0 Å². The van der Waals surface area contributed by atoms with Crippen LogP contribution in [0.3, 0.4) is 0 Å². The standard InChI is InChI=1S/2C17H15.C2H6Cl2Si.Zr/c2*1-2-13-11-15-9-6-10-16(17(15)12-13)14-7-4-3-5-8-14;1-5(2,3)4;/h2*3-12H,2H2,1H3;1-2H3;/q2*-1;;+2. The van der Waals surface area contributed by atoms with E-state index in [1.807, 2.05) is 13.1 Å². The molecule has 6 aromatic rings. The summed E-state index contributed by atoms with van der Waals surface area (Å²) in [6.07, 6.45) is 2.20. The van der Waals surface area contributed by atoms with Crippen molar-refractivity contribution in [1.29, 1.82) is 0 Å². The molecule has 0 saturated carbocycles. The Bertz CT molecular complexity index is 1490. The Labute approximate surface area is 269 Å². The summed E-state index contributed by atoms with van der Waals surface area (Å²) in [6, 6.07) is 43.5. The molecular formula is C36H36Cl2SiZr. The van der Waals surface area contributed by atoms with E-state index in [2.05, 4.69) is 135 Å². The summed E-state index contributed by atoms with van der Waals surface area (Å²) in [5.74, 6) is 0. The second kappa shape index (κ2) is 15.1. The molecule has 0 spiro atoms. The van der Waals surface area contributed by atoms with Gasteiger partial charge in [0.25, 0.3) is 0 Å². The van der Waals surface area contributed by atoms with Crippen LogP contribution in [0, 0.1) is 0 Å². The minimum atomic E-state index is -1.67. The van der Waals surface area contributed by atoms with Gasteiger partial charge in [0.15, 0.2) is 0 Å². The Morgan fingerprint density at radius 2 is 0.900 bits per heavy atom. The first-order valence-corrected chi connectivity index (χ1v) is 18.6. The fourth-order valence-corrected chi connectivity index (χ4v) is 4.74. The quantitative estimate of drug-likeness (QED) is 0.100. The molecule has 0 heterocycles. The number of hydrogen-bond acceptors (Lipinski definition) is 0. The van der Waals surface area contributed by atoms with E-state index in [4.69, 9.17) is 22.2 Å². The van der Waals surface area contributed by atoms with Crippen LogP contribution in [0.5, 0.6) is 0 Å². The number of rotatable bonds is 4. The fraction of sp³-hybridized carbons (Fsp3) is 0.167. The molecule has 0 aliphatic heterocycles. The first kappa shape index (κ1) is 32.3. The predicted octanol–water partition coefficient (Wildman–Crippen LogP) is 11.7. The van der Waals surface area contributed by atoms with Gasteiger partial charge in [-0.05, 0) is 37.1 Å². The predicted molar refractivity (Wildman–Crippen MR) is 178 cm³/mol. The maximum absolute atomic E-state index is 5.43. The summed E-state index contributed by atoms with van der Waals surface area (Å²) in [5, 5.41) is 5.44. The molecule has 0 unspecified atom stereocenters. The molecule has 0 bridgehead atoms. The first-order valence-electron chi connectivity index (χ1n) is 13.6. The summed E-state index contributed by atoms with van der Waals surface area (Å²) in [5.41, 5.74) is 8.11. The van der Waals surface area contributed by atoms with E-state index in [1.165, 1.54) is 54.9 Å². The summed E-state index contributed by atoms with van der Waals surface area (Å²) < 4.78 is 0. The summed E-state index contributed by atoms with van der Waals surface area (Å²) in [7, 11) is 0. The summed E-state index contributed by atoms with van der Waals surface area (Å²) in [6.45, 7) is 6.46. The van der Waals surface area contributed by atoms with Gasteiger partial charge in [0.2, 0.25) is 6.69 Å². The van der Waals surface area contributed by atoms with Crippen LogP contribution in [0.15, 0.2) is 121 Å². The first-order chi connectivity index (χ1) is 18.8. The van der Waals surface area contributed by atoms with Crippen molar-refractivity contribution in [3.05, 3.63) is 132 Å². The monoisotopic (exact) mass is 656 g/mol. The largest absolute Gasteiger partial charge is 2.00 e. The van der Waals surface area contributed by atoms with Gasteiger partial charge in [-0.1, -0.05) is 97.8 Å². The Kier molecular flexibility index (Phi) is 12.2. The third-order valence-electron chi connectivity index (χ3n) is 6.61. The van der Waals surface area contributed by atoms with Crippen molar-refractivity contribution in [2.24, 2.45) is 0 Å². The second-order valence-electron chi connectivity index (χ2n) is 10.1. The summed E-state index contributed by atoms with van der Waals surface area (Å²) >= 11 is 10.9. The Morgan fingerprint density at radius 3 is 1.23 bits per heavy atom. The van der Waals surface area contributed by atoms with E-state index in [0.717, 1.165) is 12.8 Å². The molecule has 6 rings (SSSR count). The zero-order chi connectivity index (χ0) is 27.8. The molecule has 0 radical (unpaired) electrons. The van der Waals surface area contributed by atoms with Crippen molar-refractivity contribution in [1.82, 2.24) is 0 Å². The third-order valence-corrected chi connectivity index (χ3v) is 6.61. The normalized spacial score (nSPS) is 10.8. The van der Waals surface area contributed by atoms with Crippen molar-refractivity contribution in [2.75, 3.05) is 0 Å². The van der Waals surface area contributed by atoms with Crippen LogP contribution >= 0.6 is 22.2 Å². The molecule has 40 heavy (non-hydrogen) atoms. The molecule has 6 aromatic carbocycles. The molecule has 202 valence electrons. The van der Waals surface area contributed by atoms with Crippen LogP contribution in [0.1, 0.15) is 25.0 Å². The molecular weight excluding hydrogens is 623 g/mol. The Balaban J connectivity index is 0.000000185. The summed E-state index contributed by atoms with van der Waals surface area (Å²) in [4.78, 5) is 0. The zero-order valence-corrected chi connectivity index (χ0v) is 28.7. The van der Waals surface area contributed by atoms with E-state index in [-0.39, 0.29) is 26.2 Å². The van der Waals surface area contributed by atoms with Crippen molar-refractivity contribution in [3.8, 4) is 22.3 Å². The molecule has 0 aromatic heterocycles. The topological polar surface area (TPSA) is 0 Å². The number of halogens is 2. The number of benzene rings is 4. The molecule has 0 aliphatic carbocycles. The van der Waals surface area contributed by atoms with E-state index < -0.39 is 6.69 Å². The molecule has 0 aliphatic rings. The van der Waals surface area contributed by atoms with E-state index in [0.29, 0.717) is 0 Å². The molecule has 0 nitrogen and oxygen atoms in total. The number of fused-ring (bicyclic) bond motifs is 2. The molecule has 0 N–H and O–H groups in total. The van der Waals surface area contributed by atoms with Crippen LogP contribution in [0.25, 0.3) is 43.8 Å². The maximum Gasteiger partial charge on any atom is 2.00 e. The molecule has 4 heteroatoms. The molecule has 0 fully saturated rings. The molecule has 0 saturated heterocycles. The van der Waals surface area contributed by atoms with E-state index in [1.54, 1.807) is 0 Å². The van der Waals surface area contributed by atoms with Gasteiger partial charge in [0.05, 0.1) is 0 Å². The Morgan fingerprint density at radius 1 is 0.550 bits per heavy atom. The van der Waals surface area contributed by atoms with Gasteiger partial charge in [0, 0.05) is 0 Å². The van der Waals surface area contributed by atoms with Crippen molar-refractivity contribution in [3.63, 3.8) is 0 Å². The minimum absolute atomic E-state index is 0. The van der Waals surface area contributed by atoms with Gasteiger partial charge in [-0.2, -0.15) is 12.1 Å². The maximum atomic E-state index is 5.43. The zero-order valence-electron chi connectivity index (χ0n) is 23.7. The van der Waals surface area contributed by atoms with Crippen molar-refractivity contribution < 1.29 is 26.2 Å². The van der Waals surface area contributed by atoms with Crippen LogP contribution in [-0.4, -0.2) is 6.69 Å². The van der Waals surface area contributed by atoms with E-state index in [9.17, 15) is 0 Å².